The van der Waals surface area contributed by atoms with Gasteiger partial charge in [-0.3, -0.25) is 14.9 Å². The molecule has 2 amide bonds. The Hall–Kier alpha value is -3.88. The molecule has 0 aliphatic carbocycles. The molecule has 9 heteroatoms. The number of para-hydroxylation sites is 1. The molecule has 32 heavy (non-hydrogen) atoms. The van der Waals surface area contributed by atoms with E-state index < -0.39 is 23.0 Å². The Bertz CT molecular complexity index is 1140. The van der Waals surface area contributed by atoms with Crippen LogP contribution in [0.15, 0.2) is 48.7 Å². The highest BCUT2D eigenvalue weighted by Gasteiger charge is 2.24. The Morgan fingerprint density at radius 1 is 1.19 bits per heavy atom. The zero-order valence-corrected chi connectivity index (χ0v) is 18.2. The summed E-state index contributed by atoms with van der Waals surface area (Å²) in [4.78, 5) is 39.2. The van der Waals surface area contributed by atoms with E-state index in [2.05, 4.69) is 15.6 Å². The number of fused-ring (bicyclic) bond motifs is 1. The standard InChI is InChI=1S/C23H26N4O5/c1-14(2)13-32-23(29)26-21(10-16-12-24-19-7-5-4-6-18(16)19)22(28)25-20-11-17(27(30)31)9-8-15(20)3/h4-9,11-12,14,21,24H,10,13H2,1-3H3,(H,25,28)(H,26,29)/t21-/m0/s1. The van der Waals surface area contributed by atoms with Gasteiger partial charge in [0.1, 0.15) is 6.04 Å². The van der Waals surface area contributed by atoms with Crippen molar-refractivity contribution in [2.75, 3.05) is 11.9 Å². The fourth-order valence-electron chi connectivity index (χ4n) is 3.23. The number of aryl methyl sites for hydroxylation is 1. The number of anilines is 1. The molecule has 0 unspecified atom stereocenters. The normalized spacial score (nSPS) is 11.9. The molecular weight excluding hydrogens is 412 g/mol. The van der Waals surface area contributed by atoms with Crippen molar-refractivity contribution in [3.8, 4) is 0 Å². The van der Waals surface area contributed by atoms with Gasteiger partial charge < -0.3 is 20.4 Å². The van der Waals surface area contributed by atoms with Crippen molar-refractivity contribution in [3.63, 3.8) is 0 Å². The molecule has 0 aliphatic rings. The van der Waals surface area contributed by atoms with Crippen molar-refractivity contribution < 1.29 is 19.2 Å². The van der Waals surface area contributed by atoms with E-state index in [0.29, 0.717) is 11.3 Å². The molecule has 9 nitrogen and oxygen atoms in total. The van der Waals surface area contributed by atoms with Crippen molar-refractivity contribution in [2.24, 2.45) is 5.92 Å². The fraction of sp³-hybridized carbons (Fsp3) is 0.304. The van der Waals surface area contributed by atoms with Gasteiger partial charge >= 0.3 is 6.09 Å². The fourth-order valence-corrected chi connectivity index (χ4v) is 3.23. The number of nitrogens with zero attached hydrogens (tertiary/aromatic N) is 1. The molecule has 1 atom stereocenters. The Kier molecular flexibility index (Phi) is 7.09. The lowest BCUT2D eigenvalue weighted by molar-refractivity contribution is -0.384. The van der Waals surface area contributed by atoms with Crippen LogP contribution in [0, 0.1) is 23.0 Å². The lowest BCUT2D eigenvalue weighted by Gasteiger charge is -2.19. The number of benzene rings is 2. The highest BCUT2D eigenvalue weighted by Crippen LogP contribution is 2.23. The number of hydrogen-bond donors (Lipinski definition) is 3. The molecule has 0 radical (unpaired) electrons. The first-order valence-electron chi connectivity index (χ1n) is 10.3. The number of carbonyl (C=O) groups excluding carboxylic acids is 2. The highest BCUT2D eigenvalue weighted by molar-refractivity contribution is 5.98. The third kappa shape index (κ3) is 5.63. The van der Waals surface area contributed by atoms with Crippen LogP contribution in [0.4, 0.5) is 16.2 Å². The van der Waals surface area contributed by atoms with E-state index in [1.807, 2.05) is 38.1 Å². The van der Waals surface area contributed by atoms with Gasteiger partial charge in [-0.05, 0) is 30.0 Å². The van der Waals surface area contributed by atoms with Crippen LogP contribution in [0.3, 0.4) is 0 Å². The van der Waals surface area contributed by atoms with Crippen molar-refractivity contribution in [3.05, 3.63) is 69.9 Å². The molecule has 0 saturated carbocycles. The van der Waals surface area contributed by atoms with E-state index in [1.54, 1.807) is 19.2 Å². The first kappa shape index (κ1) is 22.8. The van der Waals surface area contributed by atoms with Crippen LogP contribution in [-0.2, 0) is 16.0 Å². The van der Waals surface area contributed by atoms with E-state index in [0.717, 1.165) is 16.5 Å². The number of nitro groups is 1. The molecule has 1 heterocycles. The Morgan fingerprint density at radius 3 is 2.66 bits per heavy atom. The van der Waals surface area contributed by atoms with Crippen molar-refractivity contribution in [1.29, 1.82) is 0 Å². The topological polar surface area (TPSA) is 126 Å². The number of nitro benzene ring substituents is 1. The summed E-state index contributed by atoms with van der Waals surface area (Å²) in [6.07, 6.45) is 1.31. The van der Waals surface area contributed by atoms with Crippen molar-refractivity contribution in [2.45, 2.75) is 33.2 Å². The zero-order valence-electron chi connectivity index (χ0n) is 18.2. The van der Waals surface area contributed by atoms with Gasteiger partial charge in [-0.2, -0.15) is 0 Å². The van der Waals surface area contributed by atoms with E-state index in [1.165, 1.54) is 12.1 Å². The molecule has 3 N–H and O–H groups in total. The lowest BCUT2D eigenvalue weighted by atomic mass is 10.0. The molecule has 1 aromatic heterocycles. The van der Waals surface area contributed by atoms with Gasteiger partial charge in [0, 0.05) is 35.7 Å². The van der Waals surface area contributed by atoms with Gasteiger partial charge in [-0.25, -0.2) is 4.79 Å². The summed E-state index contributed by atoms with van der Waals surface area (Å²) >= 11 is 0. The average molecular weight is 438 g/mol. The number of aromatic nitrogens is 1. The number of H-pyrrole nitrogens is 1. The molecule has 3 rings (SSSR count). The third-order valence-corrected chi connectivity index (χ3v) is 4.95. The number of ether oxygens (including phenoxy) is 1. The highest BCUT2D eigenvalue weighted by atomic mass is 16.6. The maximum Gasteiger partial charge on any atom is 0.407 e. The van der Waals surface area contributed by atoms with Crippen molar-refractivity contribution in [1.82, 2.24) is 10.3 Å². The third-order valence-electron chi connectivity index (χ3n) is 4.95. The number of hydrogen-bond acceptors (Lipinski definition) is 5. The summed E-state index contributed by atoms with van der Waals surface area (Å²) in [5.74, 6) is -0.352. The molecule has 0 bridgehead atoms. The first-order chi connectivity index (χ1) is 15.2. The van der Waals surface area contributed by atoms with Crippen LogP contribution in [0.25, 0.3) is 10.9 Å². The Balaban J connectivity index is 1.84. The van der Waals surface area contributed by atoms with Gasteiger partial charge in [0.15, 0.2) is 0 Å². The van der Waals surface area contributed by atoms with Crippen molar-refractivity contribution >= 4 is 34.3 Å². The molecular formula is C23H26N4O5. The van der Waals surface area contributed by atoms with Crippen LogP contribution in [-0.4, -0.2) is 34.6 Å². The van der Waals surface area contributed by atoms with Crippen LogP contribution in [0.2, 0.25) is 0 Å². The number of carbonyl (C=O) groups is 2. The largest absolute Gasteiger partial charge is 0.449 e. The van der Waals surface area contributed by atoms with E-state index in [-0.39, 0.29) is 24.6 Å². The molecule has 2 aromatic carbocycles. The number of amides is 2. The molecule has 0 spiro atoms. The molecule has 3 aromatic rings. The van der Waals surface area contributed by atoms with Gasteiger partial charge in [0.2, 0.25) is 5.91 Å². The smallest absolute Gasteiger partial charge is 0.407 e. The number of nitrogens with one attached hydrogen (secondary N) is 3. The van der Waals surface area contributed by atoms with Crippen LogP contribution >= 0.6 is 0 Å². The van der Waals surface area contributed by atoms with Crippen LogP contribution in [0.5, 0.6) is 0 Å². The second-order valence-electron chi connectivity index (χ2n) is 8.00. The number of alkyl carbamates (subject to hydrolysis) is 1. The van der Waals surface area contributed by atoms with E-state index in [4.69, 9.17) is 4.74 Å². The van der Waals surface area contributed by atoms with E-state index in [9.17, 15) is 19.7 Å². The minimum Gasteiger partial charge on any atom is -0.449 e. The van der Waals surface area contributed by atoms with E-state index >= 15 is 0 Å². The number of aromatic amines is 1. The predicted molar refractivity (Wildman–Crippen MR) is 122 cm³/mol. The summed E-state index contributed by atoms with van der Waals surface area (Å²) in [5.41, 5.74) is 2.60. The zero-order chi connectivity index (χ0) is 23.3. The SMILES string of the molecule is Cc1ccc([N+](=O)[O-])cc1NC(=O)[C@H](Cc1c[nH]c2ccccc12)NC(=O)OCC(C)C. The number of rotatable bonds is 8. The molecule has 168 valence electrons. The first-order valence-corrected chi connectivity index (χ1v) is 10.3. The number of non-ortho nitro benzene ring substituents is 1. The maximum atomic E-state index is 13.1. The van der Waals surface area contributed by atoms with Gasteiger partial charge in [-0.15, -0.1) is 0 Å². The Morgan fingerprint density at radius 2 is 1.94 bits per heavy atom. The second-order valence-corrected chi connectivity index (χ2v) is 8.00. The average Bonchev–Trinajstić information content (AvgIpc) is 3.16. The quantitative estimate of drug-likeness (QED) is 0.357. The molecule has 0 saturated heterocycles. The summed E-state index contributed by atoms with van der Waals surface area (Å²) in [5, 5.41) is 17.4. The summed E-state index contributed by atoms with van der Waals surface area (Å²) in [7, 11) is 0. The minimum absolute atomic E-state index is 0.136. The van der Waals surface area contributed by atoms with Gasteiger partial charge in [0.25, 0.3) is 5.69 Å². The lowest BCUT2D eigenvalue weighted by Crippen LogP contribution is -2.45. The van der Waals surface area contributed by atoms with Gasteiger partial charge in [0.05, 0.1) is 17.2 Å². The van der Waals surface area contributed by atoms with Crippen LogP contribution < -0.4 is 10.6 Å². The molecule has 0 fully saturated rings. The predicted octanol–water partition coefficient (Wildman–Crippen LogP) is 4.32. The maximum absolute atomic E-state index is 13.1. The second kappa shape index (κ2) is 9.95. The summed E-state index contributed by atoms with van der Waals surface area (Å²) in [6, 6.07) is 10.9. The van der Waals surface area contributed by atoms with Crippen LogP contribution in [0.1, 0.15) is 25.0 Å². The summed E-state index contributed by atoms with van der Waals surface area (Å²) in [6.45, 7) is 5.78. The minimum atomic E-state index is -0.951. The van der Waals surface area contributed by atoms with Gasteiger partial charge in [-0.1, -0.05) is 38.1 Å². The Labute approximate surface area is 185 Å². The summed E-state index contributed by atoms with van der Waals surface area (Å²) < 4.78 is 5.19. The monoisotopic (exact) mass is 438 g/mol. The molecule has 0 aliphatic heterocycles.